The second-order valence-corrected chi connectivity index (χ2v) is 4.59. The molecule has 0 atom stereocenters. The van der Waals surface area contributed by atoms with Crippen LogP contribution < -0.4 is 0 Å². The highest BCUT2D eigenvalue weighted by molar-refractivity contribution is 7.80. The molecule has 1 fully saturated rings. The van der Waals surface area contributed by atoms with E-state index in [1.165, 1.54) is 32.1 Å². The summed E-state index contributed by atoms with van der Waals surface area (Å²) in [7, 11) is 0. The molecular formula is C11H22OS. The molecule has 0 amide bonds. The van der Waals surface area contributed by atoms with Crippen molar-refractivity contribution in [1.29, 1.82) is 0 Å². The van der Waals surface area contributed by atoms with Gasteiger partial charge in [-0.05, 0) is 25.0 Å². The first kappa shape index (κ1) is 11.4. The largest absolute Gasteiger partial charge is 0.381 e. The normalized spacial score (nSPS) is 21.7. The molecule has 0 saturated heterocycles. The van der Waals surface area contributed by atoms with Crippen molar-refractivity contribution in [2.75, 3.05) is 19.0 Å². The Morgan fingerprint density at radius 1 is 1.23 bits per heavy atom. The molecule has 1 rings (SSSR count). The molecule has 1 saturated carbocycles. The number of thiol groups is 1. The van der Waals surface area contributed by atoms with Gasteiger partial charge >= 0.3 is 0 Å². The summed E-state index contributed by atoms with van der Waals surface area (Å²) in [5.41, 5.74) is 0.413. The zero-order chi connectivity index (χ0) is 9.57. The maximum absolute atomic E-state index is 5.67. The Morgan fingerprint density at radius 3 is 2.46 bits per heavy atom. The molecule has 0 heterocycles. The minimum Gasteiger partial charge on any atom is -0.381 e. The van der Waals surface area contributed by atoms with E-state index >= 15 is 0 Å². The van der Waals surface area contributed by atoms with E-state index in [4.69, 9.17) is 4.74 Å². The van der Waals surface area contributed by atoms with Crippen molar-refractivity contribution in [1.82, 2.24) is 0 Å². The Balaban J connectivity index is 2.29. The third-order valence-corrected chi connectivity index (χ3v) is 3.68. The molecule has 0 spiro atoms. The van der Waals surface area contributed by atoms with Crippen LogP contribution in [0.5, 0.6) is 0 Å². The number of hydrogen-bond donors (Lipinski definition) is 1. The van der Waals surface area contributed by atoms with Crippen molar-refractivity contribution in [3.8, 4) is 0 Å². The van der Waals surface area contributed by atoms with Crippen LogP contribution in [0.15, 0.2) is 0 Å². The van der Waals surface area contributed by atoms with Crippen molar-refractivity contribution in [3.05, 3.63) is 0 Å². The van der Waals surface area contributed by atoms with Gasteiger partial charge in [0.2, 0.25) is 0 Å². The second kappa shape index (κ2) is 5.92. The highest BCUT2D eigenvalue weighted by Crippen LogP contribution is 2.37. The van der Waals surface area contributed by atoms with E-state index in [1.807, 2.05) is 0 Å². The molecule has 0 aromatic carbocycles. The molecule has 78 valence electrons. The molecule has 0 aromatic heterocycles. The number of rotatable bonds is 5. The lowest BCUT2D eigenvalue weighted by molar-refractivity contribution is 0.0348. The van der Waals surface area contributed by atoms with Crippen LogP contribution in [0.2, 0.25) is 0 Å². The van der Waals surface area contributed by atoms with Crippen molar-refractivity contribution < 1.29 is 4.74 Å². The Hall–Kier alpha value is 0.310. The summed E-state index contributed by atoms with van der Waals surface area (Å²) in [4.78, 5) is 0. The van der Waals surface area contributed by atoms with Crippen molar-refractivity contribution in [2.24, 2.45) is 5.41 Å². The molecule has 0 aromatic rings. The molecule has 13 heavy (non-hydrogen) atoms. The van der Waals surface area contributed by atoms with Gasteiger partial charge in [0.15, 0.2) is 0 Å². The van der Waals surface area contributed by atoms with Gasteiger partial charge in [-0.1, -0.05) is 26.2 Å². The standard InChI is InChI=1S/C11H22OS/c1-2-8-12-9-11(10-13)6-4-3-5-7-11/h13H,2-10H2,1H3. The molecular weight excluding hydrogens is 180 g/mol. The van der Waals surface area contributed by atoms with Crippen LogP contribution in [0.1, 0.15) is 45.4 Å². The van der Waals surface area contributed by atoms with Crippen molar-refractivity contribution in [2.45, 2.75) is 45.4 Å². The average Bonchev–Trinajstić information content (AvgIpc) is 2.20. The summed E-state index contributed by atoms with van der Waals surface area (Å²) < 4.78 is 5.67. The van der Waals surface area contributed by atoms with E-state index in [-0.39, 0.29) is 0 Å². The van der Waals surface area contributed by atoms with Crippen molar-refractivity contribution in [3.63, 3.8) is 0 Å². The topological polar surface area (TPSA) is 9.23 Å². The molecule has 2 heteroatoms. The molecule has 0 radical (unpaired) electrons. The van der Waals surface area contributed by atoms with Crippen LogP contribution in [0.25, 0.3) is 0 Å². The van der Waals surface area contributed by atoms with Gasteiger partial charge in [0.1, 0.15) is 0 Å². The van der Waals surface area contributed by atoms with Crippen LogP contribution in [-0.4, -0.2) is 19.0 Å². The SMILES string of the molecule is CCCOCC1(CS)CCCCC1. The highest BCUT2D eigenvalue weighted by atomic mass is 32.1. The van der Waals surface area contributed by atoms with Gasteiger partial charge in [-0.2, -0.15) is 12.6 Å². The average molecular weight is 202 g/mol. The quantitative estimate of drug-likeness (QED) is 0.531. The van der Waals surface area contributed by atoms with Gasteiger partial charge in [0.25, 0.3) is 0 Å². The fraction of sp³-hybridized carbons (Fsp3) is 1.00. The maximum atomic E-state index is 5.67. The Morgan fingerprint density at radius 2 is 1.92 bits per heavy atom. The zero-order valence-electron chi connectivity index (χ0n) is 8.72. The highest BCUT2D eigenvalue weighted by Gasteiger charge is 2.30. The third kappa shape index (κ3) is 3.51. The molecule has 1 aliphatic rings. The monoisotopic (exact) mass is 202 g/mol. The number of ether oxygens (including phenoxy) is 1. The summed E-state index contributed by atoms with van der Waals surface area (Å²) in [5.74, 6) is 0.997. The summed E-state index contributed by atoms with van der Waals surface area (Å²) in [5, 5.41) is 0. The summed E-state index contributed by atoms with van der Waals surface area (Å²) >= 11 is 4.47. The molecule has 0 aliphatic heterocycles. The summed E-state index contributed by atoms with van der Waals surface area (Å²) in [6, 6.07) is 0. The first-order valence-corrected chi connectivity index (χ1v) is 6.15. The minimum absolute atomic E-state index is 0.413. The van der Waals surface area contributed by atoms with Crippen molar-refractivity contribution >= 4 is 12.6 Å². The Bertz CT molecular complexity index is 130. The first-order chi connectivity index (χ1) is 6.33. The van der Waals surface area contributed by atoms with Crippen LogP contribution >= 0.6 is 12.6 Å². The predicted molar refractivity (Wildman–Crippen MR) is 60.5 cm³/mol. The molecule has 0 N–H and O–H groups in total. The fourth-order valence-corrected chi connectivity index (χ4v) is 2.49. The maximum Gasteiger partial charge on any atom is 0.0530 e. The van der Waals surface area contributed by atoms with E-state index < -0.39 is 0 Å². The number of hydrogen-bond acceptors (Lipinski definition) is 2. The van der Waals surface area contributed by atoms with E-state index in [9.17, 15) is 0 Å². The lowest BCUT2D eigenvalue weighted by atomic mass is 9.76. The van der Waals surface area contributed by atoms with Gasteiger partial charge in [-0.25, -0.2) is 0 Å². The van der Waals surface area contributed by atoms with Gasteiger partial charge in [-0.15, -0.1) is 0 Å². The van der Waals surface area contributed by atoms with E-state index in [0.29, 0.717) is 5.41 Å². The zero-order valence-corrected chi connectivity index (χ0v) is 9.61. The summed E-state index contributed by atoms with van der Waals surface area (Å²) in [6.45, 7) is 4.01. The van der Waals surface area contributed by atoms with Crippen LogP contribution in [0.4, 0.5) is 0 Å². The van der Waals surface area contributed by atoms with Crippen LogP contribution in [-0.2, 0) is 4.74 Å². The summed E-state index contributed by atoms with van der Waals surface area (Å²) in [6.07, 6.45) is 7.92. The van der Waals surface area contributed by atoms with Gasteiger partial charge in [-0.3, -0.25) is 0 Å². The Labute approximate surface area is 87.7 Å². The fourth-order valence-electron chi connectivity index (χ4n) is 2.08. The molecule has 0 unspecified atom stereocenters. The third-order valence-electron chi connectivity index (χ3n) is 3.01. The van der Waals surface area contributed by atoms with Crippen LogP contribution in [0.3, 0.4) is 0 Å². The second-order valence-electron chi connectivity index (χ2n) is 4.27. The van der Waals surface area contributed by atoms with E-state index in [0.717, 1.165) is 25.4 Å². The molecule has 1 aliphatic carbocycles. The molecule has 1 nitrogen and oxygen atoms in total. The van der Waals surface area contributed by atoms with Gasteiger partial charge in [0.05, 0.1) is 6.61 Å². The molecule has 0 bridgehead atoms. The lowest BCUT2D eigenvalue weighted by Crippen LogP contribution is -2.31. The predicted octanol–water partition coefficient (Wildman–Crippen LogP) is 3.29. The van der Waals surface area contributed by atoms with Crippen LogP contribution in [0, 0.1) is 5.41 Å². The van der Waals surface area contributed by atoms with E-state index in [2.05, 4.69) is 19.6 Å². The first-order valence-electron chi connectivity index (χ1n) is 5.51. The smallest absolute Gasteiger partial charge is 0.0530 e. The minimum atomic E-state index is 0.413. The van der Waals surface area contributed by atoms with Gasteiger partial charge < -0.3 is 4.74 Å². The lowest BCUT2D eigenvalue weighted by Gasteiger charge is -2.35. The van der Waals surface area contributed by atoms with E-state index in [1.54, 1.807) is 0 Å². The Kier molecular flexibility index (Phi) is 5.18. The van der Waals surface area contributed by atoms with Gasteiger partial charge in [0, 0.05) is 12.0 Å².